The van der Waals surface area contributed by atoms with Gasteiger partial charge in [0, 0.05) is 36.3 Å². The second-order valence-corrected chi connectivity index (χ2v) is 11.2. The third-order valence-electron chi connectivity index (χ3n) is 6.04. The van der Waals surface area contributed by atoms with Crippen molar-refractivity contribution in [3.8, 4) is 22.9 Å². The molecule has 170 valence electrons. The van der Waals surface area contributed by atoms with Crippen molar-refractivity contribution >= 4 is 41.0 Å². The normalized spacial score (nSPS) is 15.7. The van der Waals surface area contributed by atoms with E-state index in [9.17, 15) is 9.46 Å². The summed E-state index contributed by atoms with van der Waals surface area (Å²) in [5, 5.41) is 0.996. The molecule has 1 aliphatic rings. The van der Waals surface area contributed by atoms with Gasteiger partial charge < -0.3 is 19.5 Å². The summed E-state index contributed by atoms with van der Waals surface area (Å²) in [6.07, 6.45) is 2.49. The van der Waals surface area contributed by atoms with E-state index in [2.05, 4.69) is 39.1 Å². The molecular weight excluding hydrogens is 457 g/mol. The molecule has 5 rings (SSSR count). The van der Waals surface area contributed by atoms with Crippen molar-refractivity contribution in [1.29, 1.82) is 0 Å². The highest BCUT2D eigenvalue weighted by atomic mass is 35.5. The number of fused-ring (bicyclic) bond motifs is 1. The fourth-order valence-electron chi connectivity index (χ4n) is 4.32. The van der Waals surface area contributed by atoms with Crippen LogP contribution in [0.3, 0.4) is 0 Å². The number of aromatic amines is 1. The number of rotatable bonds is 5. The van der Waals surface area contributed by atoms with Crippen molar-refractivity contribution in [2.45, 2.75) is 19.8 Å². The van der Waals surface area contributed by atoms with E-state index in [-0.39, 0.29) is 0 Å². The molecule has 0 amide bonds. The van der Waals surface area contributed by atoms with E-state index in [1.807, 2.05) is 12.1 Å². The molecule has 1 fully saturated rings. The Balaban J connectivity index is 1.43. The van der Waals surface area contributed by atoms with Crippen LogP contribution in [0.4, 0.5) is 5.69 Å². The standard InChI is InChI=1S/C25H25ClN3O3P/c1-16-5-10-19(13-24(16)33(2,30)31)32-25-27-22-14-20(21(26)15-23(22)28-25)17-6-8-18(9-7-17)29-11-3-4-12-29/h5-10,13-15H,3-4,11-12H2,1-2H3,(H,27,28)(H,30,31). The first-order valence-electron chi connectivity index (χ1n) is 10.9. The van der Waals surface area contributed by atoms with E-state index in [4.69, 9.17) is 16.3 Å². The van der Waals surface area contributed by atoms with E-state index < -0.39 is 7.37 Å². The van der Waals surface area contributed by atoms with Crippen LogP contribution in [-0.2, 0) is 4.57 Å². The van der Waals surface area contributed by atoms with Gasteiger partial charge in [-0.25, -0.2) is 0 Å². The van der Waals surface area contributed by atoms with Crippen molar-refractivity contribution in [2.75, 3.05) is 24.7 Å². The van der Waals surface area contributed by atoms with Gasteiger partial charge in [0.25, 0.3) is 6.01 Å². The third-order valence-corrected chi connectivity index (χ3v) is 7.73. The summed E-state index contributed by atoms with van der Waals surface area (Å²) >= 11 is 6.60. The summed E-state index contributed by atoms with van der Waals surface area (Å²) in [7, 11) is -3.40. The van der Waals surface area contributed by atoms with Gasteiger partial charge >= 0.3 is 0 Å². The van der Waals surface area contributed by atoms with Crippen molar-refractivity contribution in [2.24, 2.45) is 0 Å². The van der Waals surface area contributed by atoms with Crippen molar-refractivity contribution in [3.63, 3.8) is 0 Å². The highest BCUT2D eigenvalue weighted by Gasteiger charge is 2.18. The maximum absolute atomic E-state index is 12.1. The van der Waals surface area contributed by atoms with Crippen LogP contribution in [0.1, 0.15) is 18.4 Å². The monoisotopic (exact) mass is 481 g/mol. The van der Waals surface area contributed by atoms with Crippen LogP contribution < -0.4 is 14.9 Å². The largest absolute Gasteiger partial charge is 0.426 e. The molecule has 0 bridgehead atoms. The molecule has 0 saturated carbocycles. The Morgan fingerprint density at radius 3 is 2.52 bits per heavy atom. The second-order valence-electron chi connectivity index (χ2n) is 8.56. The molecule has 1 aromatic heterocycles. The molecular formula is C25H25ClN3O3P. The molecule has 8 heteroatoms. The van der Waals surface area contributed by atoms with Gasteiger partial charge in [-0.15, -0.1) is 0 Å². The minimum absolute atomic E-state index is 0.293. The molecule has 1 aliphatic heterocycles. The van der Waals surface area contributed by atoms with Crippen LogP contribution in [0.15, 0.2) is 54.6 Å². The van der Waals surface area contributed by atoms with Crippen LogP contribution in [-0.4, -0.2) is 34.6 Å². The fraction of sp³-hybridized carbons (Fsp3) is 0.240. The number of imidazole rings is 1. The van der Waals surface area contributed by atoms with Crippen molar-refractivity contribution in [1.82, 2.24) is 9.97 Å². The second kappa shape index (κ2) is 8.53. The minimum Gasteiger partial charge on any atom is -0.426 e. The Hall–Kier alpha value is -2.79. The lowest BCUT2D eigenvalue weighted by Crippen LogP contribution is -2.17. The Bertz CT molecular complexity index is 1370. The number of aromatic nitrogens is 2. The van der Waals surface area contributed by atoms with Crippen molar-refractivity contribution in [3.05, 3.63) is 65.2 Å². The minimum atomic E-state index is -3.40. The Labute approximate surface area is 197 Å². The molecule has 1 saturated heterocycles. The third kappa shape index (κ3) is 4.51. The van der Waals surface area contributed by atoms with Crippen LogP contribution >= 0.6 is 19.0 Å². The average molecular weight is 482 g/mol. The van der Waals surface area contributed by atoms with E-state index in [0.29, 0.717) is 22.1 Å². The van der Waals surface area contributed by atoms with Gasteiger partial charge in [-0.05, 0) is 67.3 Å². The zero-order chi connectivity index (χ0) is 23.2. The Morgan fingerprint density at radius 1 is 1.09 bits per heavy atom. The van der Waals surface area contributed by atoms with Gasteiger partial charge in [0.15, 0.2) is 0 Å². The number of aryl methyl sites for hydroxylation is 1. The number of H-pyrrole nitrogens is 1. The molecule has 1 unspecified atom stereocenters. The highest BCUT2D eigenvalue weighted by Crippen LogP contribution is 2.38. The molecule has 1 atom stereocenters. The lowest BCUT2D eigenvalue weighted by atomic mass is 10.0. The molecule has 6 nitrogen and oxygen atoms in total. The number of hydrogen-bond donors (Lipinski definition) is 2. The summed E-state index contributed by atoms with van der Waals surface area (Å²) in [5.41, 5.74) is 5.39. The average Bonchev–Trinajstić information content (AvgIpc) is 3.43. The molecule has 0 aliphatic carbocycles. The summed E-state index contributed by atoms with van der Waals surface area (Å²) < 4.78 is 18.0. The highest BCUT2D eigenvalue weighted by molar-refractivity contribution is 7.65. The summed E-state index contributed by atoms with van der Waals surface area (Å²) in [4.78, 5) is 20.1. The van der Waals surface area contributed by atoms with Gasteiger partial charge in [-0.1, -0.05) is 29.8 Å². The van der Waals surface area contributed by atoms with Gasteiger partial charge in [0.2, 0.25) is 7.37 Å². The molecule has 4 aromatic rings. The SMILES string of the molecule is Cc1ccc(Oc2nc3cc(-c4ccc(N5CCCC5)cc4)c(Cl)cc3[nH]2)cc1P(C)(=O)O. The predicted molar refractivity (Wildman–Crippen MR) is 135 cm³/mol. The maximum atomic E-state index is 12.1. The van der Waals surface area contributed by atoms with Gasteiger partial charge in [-0.3, -0.25) is 4.57 Å². The van der Waals surface area contributed by atoms with Crippen molar-refractivity contribution < 1.29 is 14.2 Å². The van der Waals surface area contributed by atoms with Gasteiger partial charge in [-0.2, -0.15) is 4.98 Å². The van der Waals surface area contributed by atoms with Crippen LogP contribution in [0.25, 0.3) is 22.2 Å². The summed E-state index contributed by atoms with van der Waals surface area (Å²) in [6.45, 7) is 5.34. The smallest absolute Gasteiger partial charge is 0.300 e. The number of nitrogens with zero attached hydrogens (tertiary/aromatic N) is 2. The first-order valence-corrected chi connectivity index (χ1v) is 13.4. The summed E-state index contributed by atoms with van der Waals surface area (Å²) in [6, 6.07) is 17.7. The first-order chi connectivity index (χ1) is 15.8. The van der Waals surface area contributed by atoms with Crippen LogP contribution in [0.5, 0.6) is 11.8 Å². The molecule has 2 N–H and O–H groups in total. The van der Waals surface area contributed by atoms with Crippen LogP contribution in [0.2, 0.25) is 5.02 Å². The Morgan fingerprint density at radius 2 is 1.82 bits per heavy atom. The molecule has 0 spiro atoms. The zero-order valence-corrected chi connectivity index (χ0v) is 20.2. The Kier molecular flexibility index (Phi) is 5.69. The first kappa shape index (κ1) is 22.0. The topological polar surface area (TPSA) is 78.5 Å². The van der Waals surface area contributed by atoms with Gasteiger partial charge in [0.1, 0.15) is 5.75 Å². The molecule has 0 radical (unpaired) electrons. The quantitative estimate of drug-likeness (QED) is 0.336. The summed E-state index contributed by atoms with van der Waals surface area (Å²) in [5.74, 6) is 0.439. The van der Waals surface area contributed by atoms with E-state index in [1.165, 1.54) is 25.2 Å². The fourth-order valence-corrected chi connectivity index (χ4v) is 5.68. The number of nitrogens with one attached hydrogen (secondary N) is 1. The number of ether oxygens (including phenoxy) is 1. The number of halogens is 1. The van der Waals surface area contributed by atoms with E-state index in [1.54, 1.807) is 25.1 Å². The lowest BCUT2D eigenvalue weighted by molar-refractivity contribution is 0.449. The zero-order valence-electron chi connectivity index (χ0n) is 18.5. The predicted octanol–water partition coefficient (Wildman–Crippen LogP) is 6.11. The lowest BCUT2D eigenvalue weighted by Gasteiger charge is -2.17. The van der Waals surface area contributed by atoms with Gasteiger partial charge in [0.05, 0.1) is 16.1 Å². The molecule has 33 heavy (non-hydrogen) atoms. The number of hydrogen-bond acceptors (Lipinski definition) is 4. The number of benzene rings is 3. The van der Waals surface area contributed by atoms with E-state index in [0.717, 1.165) is 40.8 Å². The number of anilines is 1. The molecule has 3 aromatic carbocycles. The molecule has 2 heterocycles. The van der Waals surface area contributed by atoms with Crippen LogP contribution in [0, 0.1) is 6.92 Å². The maximum Gasteiger partial charge on any atom is 0.300 e. The van der Waals surface area contributed by atoms with E-state index >= 15 is 0 Å².